The molecule has 1 aliphatic heterocycles. The first-order valence-electron chi connectivity index (χ1n) is 6.56. The molecule has 0 aliphatic carbocycles. The van der Waals surface area contributed by atoms with Crippen LogP contribution in [-0.4, -0.2) is 44.2 Å². The molecule has 0 saturated carbocycles. The van der Waals surface area contributed by atoms with Gasteiger partial charge in [-0.2, -0.15) is 0 Å². The Labute approximate surface area is 114 Å². The highest BCUT2D eigenvalue weighted by molar-refractivity contribution is 6.32. The molecule has 2 rings (SSSR count). The molecule has 100 valence electrons. The number of nitrogens with zero attached hydrogens (tertiary/aromatic N) is 1. The normalized spacial score (nSPS) is 18.6. The molecular weight excluding hydrogens is 248 g/mol. The molecule has 0 bridgehead atoms. The van der Waals surface area contributed by atoms with Crippen molar-refractivity contribution in [3.63, 3.8) is 0 Å². The average molecular weight is 269 g/mol. The first-order chi connectivity index (χ1) is 8.75. The second-order valence-corrected chi connectivity index (χ2v) is 5.30. The first-order valence-corrected chi connectivity index (χ1v) is 6.94. The second-order valence-electron chi connectivity index (χ2n) is 4.90. The van der Waals surface area contributed by atoms with E-state index in [1.807, 2.05) is 24.3 Å². The predicted molar refractivity (Wildman–Crippen MR) is 75.4 cm³/mol. The van der Waals surface area contributed by atoms with Crippen molar-refractivity contribution in [2.45, 2.75) is 6.92 Å². The minimum atomic E-state index is 0.513. The van der Waals surface area contributed by atoms with Crippen LogP contribution in [-0.2, 0) is 0 Å². The fraction of sp³-hybridized carbons (Fsp3) is 0.571. The number of halogens is 1. The minimum absolute atomic E-state index is 0.513. The summed E-state index contributed by atoms with van der Waals surface area (Å²) in [5, 5.41) is 4.05. The van der Waals surface area contributed by atoms with E-state index in [0.717, 1.165) is 38.5 Å². The lowest BCUT2D eigenvalue weighted by atomic mass is 10.1. The number of ether oxygens (including phenoxy) is 1. The molecule has 0 radical (unpaired) electrons. The maximum Gasteiger partial charge on any atom is 0.137 e. The lowest BCUT2D eigenvalue weighted by Gasteiger charge is -2.29. The third kappa shape index (κ3) is 4.16. The minimum Gasteiger partial charge on any atom is -0.492 e. The fourth-order valence-corrected chi connectivity index (χ4v) is 2.37. The number of benzene rings is 1. The van der Waals surface area contributed by atoms with Gasteiger partial charge in [0.15, 0.2) is 0 Å². The average Bonchev–Trinajstić information content (AvgIpc) is 2.39. The van der Waals surface area contributed by atoms with Crippen LogP contribution in [0.25, 0.3) is 0 Å². The van der Waals surface area contributed by atoms with Gasteiger partial charge in [0, 0.05) is 38.6 Å². The monoisotopic (exact) mass is 268 g/mol. The van der Waals surface area contributed by atoms with E-state index in [4.69, 9.17) is 16.3 Å². The van der Waals surface area contributed by atoms with Gasteiger partial charge in [-0.05, 0) is 12.1 Å². The summed E-state index contributed by atoms with van der Waals surface area (Å²) in [6.07, 6.45) is 0. The topological polar surface area (TPSA) is 24.5 Å². The van der Waals surface area contributed by atoms with E-state index in [9.17, 15) is 0 Å². The van der Waals surface area contributed by atoms with E-state index in [2.05, 4.69) is 17.1 Å². The zero-order chi connectivity index (χ0) is 12.8. The van der Waals surface area contributed by atoms with Gasteiger partial charge in [-0.3, -0.25) is 0 Å². The molecule has 1 aromatic rings. The van der Waals surface area contributed by atoms with Crippen molar-refractivity contribution in [1.29, 1.82) is 0 Å². The molecule has 18 heavy (non-hydrogen) atoms. The van der Waals surface area contributed by atoms with Gasteiger partial charge in [-0.15, -0.1) is 0 Å². The van der Waals surface area contributed by atoms with Gasteiger partial charge in [0.1, 0.15) is 5.75 Å². The van der Waals surface area contributed by atoms with Crippen molar-refractivity contribution < 1.29 is 4.74 Å². The zero-order valence-electron chi connectivity index (χ0n) is 10.9. The van der Waals surface area contributed by atoms with Crippen LogP contribution in [0.5, 0.6) is 5.75 Å². The summed E-state index contributed by atoms with van der Waals surface area (Å²) >= 11 is 6.06. The number of para-hydroxylation sites is 1. The molecule has 0 spiro atoms. The van der Waals surface area contributed by atoms with Crippen LogP contribution in [0.15, 0.2) is 24.3 Å². The Morgan fingerprint density at radius 1 is 1.33 bits per heavy atom. The summed E-state index contributed by atoms with van der Waals surface area (Å²) in [5.74, 6) is 1.30. The molecular formula is C14H21ClN2O. The van der Waals surface area contributed by atoms with E-state index in [1.165, 1.54) is 0 Å². The highest BCUT2D eigenvalue weighted by Crippen LogP contribution is 2.23. The van der Waals surface area contributed by atoms with Crippen LogP contribution < -0.4 is 10.1 Å². The highest BCUT2D eigenvalue weighted by Gasteiger charge is 2.13. The Morgan fingerprint density at radius 2 is 2.06 bits per heavy atom. The number of nitrogens with one attached hydrogen (secondary N) is 1. The highest BCUT2D eigenvalue weighted by atomic mass is 35.5. The Hall–Kier alpha value is -0.770. The molecule has 0 amide bonds. The third-order valence-electron chi connectivity index (χ3n) is 3.14. The van der Waals surface area contributed by atoms with Gasteiger partial charge in [0.25, 0.3) is 0 Å². The van der Waals surface area contributed by atoms with Crippen LogP contribution in [0.2, 0.25) is 5.02 Å². The molecule has 0 aromatic heterocycles. The summed E-state index contributed by atoms with van der Waals surface area (Å²) in [6.45, 7) is 8.49. The molecule has 1 atom stereocenters. The largest absolute Gasteiger partial charge is 0.492 e. The lowest BCUT2D eigenvalue weighted by molar-refractivity contribution is 0.171. The van der Waals surface area contributed by atoms with Crippen molar-refractivity contribution in [2.24, 2.45) is 5.92 Å². The van der Waals surface area contributed by atoms with Gasteiger partial charge in [0.2, 0.25) is 0 Å². The van der Waals surface area contributed by atoms with E-state index in [0.29, 0.717) is 17.5 Å². The maximum absolute atomic E-state index is 6.06. The molecule has 1 fully saturated rings. The zero-order valence-corrected chi connectivity index (χ0v) is 11.6. The van der Waals surface area contributed by atoms with E-state index < -0.39 is 0 Å². The van der Waals surface area contributed by atoms with Crippen LogP contribution in [0.4, 0.5) is 0 Å². The van der Waals surface area contributed by atoms with Crippen LogP contribution in [0, 0.1) is 5.92 Å². The molecule has 1 aliphatic rings. The van der Waals surface area contributed by atoms with E-state index in [-0.39, 0.29) is 0 Å². The smallest absolute Gasteiger partial charge is 0.137 e. The SMILES string of the molecule is CC(COc1ccccc1Cl)CN1CCNCC1. The van der Waals surface area contributed by atoms with E-state index >= 15 is 0 Å². The molecule has 1 aromatic carbocycles. The maximum atomic E-state index is 6.06. The van der Waals surface area contributed by atoms with Crippen molar-refractivity contribution in [3.05, 3.63) is 29.3 Å². The van der Waals surface area contributed by atoms with Crippen molar-refractivity contribution >= 4 is 11.6 Å². The molecule has 1 saturated heterocycles. The summed E-state index contributed by atoms with van der Waals surface area (Å²) in [6, 6.07) is 7.64. The predicted octanol–water partition coefficient (Wildman–Crippen LogP) is 2.26. The number of hydrogen-bond acceptors (Lipinski definition) is 3. The van der Waals surface area contributed by atoms with Crippen LogP contribution in [0.3, 0.4) is 0 Å². The Balaban J connectivity index is 1.74. The Morgan fingerprint density at radius 3 is 2.78 bits per heavy atom. The summed E-state index contributed by atoms with van der Waals surface area (Å²) in [5.41, 5.74) is 0. The van der Waals surface area contributed by atoms with Gasteiger partial charge in [-0.25, -0.2) is 0 Å². The lowest BCUT2D eigenvalue weighted by Crippen LogP contribution is -2.45. The van der Waals surface area contributed by atoms with Gasteiger partial charge < -0.3 is 15.0 Å². The van der Waals surface area contributed by atoms with E-state index in [1.54, 1.807) is 0 Å². The first kappa shape index (κ1) is 13.7. The number of rotatable bonds is 5. The molecule has 1 N–H and O–H groups in total. The molecule has 4 heteroatoms. The third-order valence-corrected chi connectivity index (χ3v) is 3.45. The Bertz CT molecular complexity index is 367. The summed E-state index contributed by atoms with van der Waals surface area (Å²) < 4.78 is 5.77. The van der Waals surface area contributed by atoms with Crippen molar-refractivity contribution in [2.75, 3.05) is 39.3 Å². The number of hydrogen-bond donors (Lipinski definition) is 1. The van der Waals surface area contributed by atoms with Gasteiger partial charge >= 0.3 is 0 Å². The summed E-state index contributed by atoms with van der Waals surface area (Å²) in [7, 11) is 0. The molecule has 1 unspecified atom stereocenters. The summed E-state index contributed by atoms with van der Waals surface area (Å²) in [4.78, 5) is 2.48. The quantitative estimate of drug-likeness (QED) is 0.887. The number of piperazine rings is 1. The fourth-order valence-electron chi connectivity index (χ4n) is 2.18. The Kier molecular flexibility index (Phi) is 5.29. The van der Waals surface area contributed by atoms with Gasteiger partial charge in [0.05, 0.1) is 11.6 Å². The van der Waals surface area contributed by atoms with Crippen LogP contribution in [0.1, 0.15) is 6.92 Å². The second kappa shape index (κ2) is 6.98. The van der Waals surface area contributed by atoms with Gasteiger partial charge in [-0.1, -0.05) is 30.7 Å². The molecule has 1 heterocycles. The van der Waals surface area contributed by atoms with Crippen LogP contribution >= 0.6 is 11.6 Å². The van der Waals surface area contributed by atoms with Crippen molar-refractivity contribution in [1.82, 2.24) is 10.2 Å². The molecule has 3 nitrogen and oxygen atoms in total. The standard InChI is InChI=1S/C14H21ClN2O/c1-12(10-17-8-6-16-7-9-17)11-18-14-5-3-2-4-13(14)15/h2-5,12,16H,6-11H2,1H3. The van der Waals surface area contributed by atoms with Crippen molar-refractivity contribution in [3.8, 4) is 5.75 Å².